The minimum absolute atomic E-state index is 0.238. The molecule has 0 amide bonds. The Morgan fingerprint density at radius 1 is 1.31 bits per heavy atom. The van der Waals surface area contributed by atoms with Gasteiger partial charge in [-0.3, -0.25) is 0 Å². The van der Waals surface area contributed by atoms with Crippen LogP contribution in [-0.2, 0) is 13.0 Å². The summed E-state index contributed by atoms with van der Waals surface area (Å²) in [6, 6.07) is 0. The summed E-state index contributed by atoms with van der Waals surface area (Å²) in [6.07, 6.45) is 7.47. The zero-order valence-corrected chi connectivity index (χ0v) is 11.1. The maximum absolute atomic E-state index is 4.38. The van der Waals surface area contributed by atoms with Crippen molar-refractivity contribution in [3.05, 3.63) is 18.2 Å². The van der Waals surface area contributed by atoms with E-state index in [9.17, 15) is 0 Å². The van der Waals surface area contributed by atoms with Crippen LogP contribution in [0.15, 0.2) is 12.4 Å². The Bertz CT molecular complexity index is 296. The van der Waals surface area contributed by atoms with Crippen LogP contribution in [-0.4, -0.2) is 21.6 Å². The van der Waals surface area contributed by atoms with Crippen LogP contribution < -0.4 is 5.32 Å². The summed E-state index contributed by atoms with van der Waals surface area (Å²) in [4.78, 5) is 4.38. The van der Waals surface area contributed by atoms with Crippen molar-refractivity contribution in [2.75, 3.05) is 6.54 Å². The molecule has 3 heteroatoms. The number of rotatable bonds is 6. The number of unbranched alkanes of at least 4 members (excludes halogenated alkanes) is 1. The molecule has 92 valence electrons. The first-order chi connectivity index (χ1) is 7.53. The van der Waals surface area contributed by atoms with Crippen LogP contribution in [0, 0.1) is 0 Å². The first kappa shape index (κ1) is 13.2. The second-order valence-corrected chi connectivity index (χ2v) is 5.26. The molecule has 0 aliphatic rings. The molecular formula is C13H25N3. The molecule has 1 rings (SSSR count). The lowest BCUT2D eigenvalue weighted by atomic mass is 10.1. The monoisotopic (exact) mass is 223 g/mol. The molecule has 0 bridgehead atoms. The minimum atomic E-state index is 0.238. The molecular weight excluding hydrogens is 198 g/mol. The molecule has 0 unspecified atom stereocenters. The summed E-state index contributed by atoms with van der Waals surface area (Å²) in [5.41, 5.74) is 0.238. The molecule has 0 saturated heterocycles. The van der Waals surface area contributed by atoms with Gasteiger partial charge < -0.3 is 9.88 Å². The van der Waals surface area contributed by atoms with Crippen LogP contribution in [0.3, 0.4) is 0 Å². The molecule has 0 radical (unpaired) electrons. The van der Waals surface area contributed by atoms with E-state index in [4.69, 9.17) is 0 Å². The van der Waals surface area contributed by atoms with E-state index in [1.54, 1.807) is 0 Å². The Hall–Kier alpha value is -0.830. The largest absolute Gasteiger partial charge is 0.335 e. The van der Waals surface area contributed by atoms with Crippen LogP contribution in [0.4, 0.5) is 0 Å². The van der Waals surface area contributed by atoms with E-state index >= 15 is 0 Å². The first-order valence-corrected chi connectivity index (χ1v) is 6.28. The fourth-order valence-corrected chi connectivity index (χ4v) is 1.73. The number of nitrogens with one attached hydrogen (secondary N) is 1. The van der Waals surface area contributed by atoms with E-state index in [0.29, 0.717) is 0 Å². The third-order valence-electron chi connectivity index (χ3n) is 2.62. The van der Waals surface area contributed by atoms with Gasteiger partial charge in [-0.1, -0.05) is 0 Å². The standard InChI is InChI=1S/C13H25N3/c1-5-16-11-10-14-12(16)8-6-7-9-15-13(2,3)4/h10-11,15H,5-9H2,1-4H3. The Kier molecular flexibility index (Phi) is 5.00. The number of nitrogens with zero attached hydrogens (tertiary/aromatic N) is 2. The van der Waals surface area contributed by atoms with Crippen molar-refractivity contribution in [3.63, 3.8) is 0 Å². The van der Waals surface area contributed by atoms with Crippen molar-refractivity contribution in [3.8, 4) is 0 Å². The van der Waals surface area contributed by atoms with Gasteiger partial charge in [0.25, 0.3) is 0 Å². The van der Waals surface area contributed by atoms with Crippen LogP contribution in [0.2, 0.25) is 0 Å². The number of aryl methyl sites for hydroxylation is 2. The van der Waals surface area contributed by atoms with Crippen LogP contribution in [0.25, 0.3) is 0 Å². The highest BCUT2D eigenvalue weighted by molar-refractivity contribution is 4.92. The molecule has 0 aliphatic heterocycles. The Balaban J connectivity index is 2.16. The van der Waals surface area contributed by atoms with Gasteiger partial charge in [-0.2, -0.15) is 0 Å². The second kappa shape index (κ2) is 6.04. The van der Waals surface area contributed by atoms with Crippen molar-refractivity contribution < 1.29 is 0 Å². The summed E-state index contributed by atoms with van der Waals surface area (Å²) in [7, 11) is 0. The van der Waals surface area contributed by atoms with Crippen LogP contribution in [0.5, 0.6) is 0 Å². The van der Waals surface area contributed by atoms with E-state index in [2.05, 4.69) is 48.8 Å². The lowest BCUT2D eigenvalue weighted by molar-refractivity contribution is 0.418. The van der Waals surface area contributed by atoms with Crippen LogP contribution >= 0.6 is 0 Å². The van der Waals surface area contributed by atoms with E-state index in [1.165, 1.54) is 18.7 Å². The van der Waals surface area contributed by atoms with Crippen molar-refractivity contribution >= 4 is 0 Å². The first-order valence-electron chi connectivity index (χ1n) is 6.28. The fourth-order valence-electron chi connectivity index (χ4n) is 1.73. The van der Waals surface area contributed by atoms with Gasteiger partial charge in [-0.15, -0.1) is 0 Å². The number of imidazole rings is 1. The number of hydrogen-bond donors (Lipinski definition) is 1. The Labute approximate surface area is 99.3 Å². The Morgan fingerprint density at radius 3 is 2.69 bits per heavy atom. The number of hydrogen-bond acceptors (Lipinski definition) is 2. The van der Waals surface area contributed by atoms with Gasteiger partial charge in [0.15, 0.2) is 0 Å². The van der Waals surface area contributed by atoms with Gasteiger partial charge in [0.05, 0.1) is 0 Å². The molecule has 3 nitrogen and oxygen atoms in total. The molecule has 0 aromatic carbocycles. The van der Waals surface area contributed by atoms with E-state index < -0.39 is 0 Å². The highest BCUT2D eigenvalue weighted by Gasteiger charge is 2.07. The molecule has 0 spiro atoms. The van der Waals surface area contributed by atoms with Gasteiger partial charge in [0.2, 0.25) is 0 Å². The van der Waals surface area contributed by atoms with Gasteiger partial charge in [0, 0.05) is 30.9 Å². The SMILES string of the molecule is CCn1ccnc1CCCCNC(C)(C)C. The zero-order chi connectivity index (χ0) is 12.0. The molecule has 1 aromatic heterocycles. The average molecular weight is 223 g/mol. The molecule has 1 heterocycles. The maximum Gasteiger partial charge on any atom is 0.108 e. The van der Waals surface area contributed by atoms with Gasteiger partial charge >= 0.3 is 0 Å². The quantitative estimate of drug-likeness (QED) is 0.751. The number of aromatic nitrogens is 2. The van der Waals surface area contributed by atoms with Crippen molar-refractivity contribution in [2.24, 2.45) is 0 Å². The zero-order valence-electron chi connectivity index (χ0n) is 11.1. The topological polar surface area (TPSA) is 29.9 Å². The predicted molar refractivity (Wildman–Crippen MR) is 68.6 cm³/mol. The van der Waals surface area contributed by atoms with E-state index in [0.717, 1.165) is 19.5 Å². The molecule has 0 atom stereocenters. The lowest BCUT2D eigenvalue weighted by Crippen LogP contribution is -2.36. The summed E-state index contributed by atoms with van der Waals surface area (Å²) >= 11 is 0. The van der Waals surface area contributed by atoms with Crippen molar-refractivity contribution in [1.82, 2.24) is 14.9 Å². The lowest BCUT2D eigenvalue weighted by Gasteiger charge is -2.20. The minimum Gasteiger partial charge on any atom is -0.335 e. The van der Waals surface area contributed by atoms with Gasteiger partial charge in [-0.05, 0) is 47.1 Å². The predicted octanol–water partition coefficient (Wildman–Crippen LogP) is 2.61. The highest BCUT2D eigenvalue weighted by atomic mass is 15.0. The summed E-state index contributed by atoms with van der Waals surface area (Å²) < 4.78 is 2.22. The average Bonchev–Trinajstić information content (AvgIpc) is 2.63. The van der Waals surface area contributed by atoms with Crippen LogP contribution in [0.1, 0.15) is 46.4 Å². The molecule has 0 saturated carbocycles. The summed E-state index contributed by atoms with van der Waals surface area (Å²) in [5, 5.41) is 3.50. The molecule has 0 fully saturated rings. The van der Waals surface area contributed by atoms with Gasteiger partial charge in [-0.25, -0.2) is 4.98 Å². The summed E-state index contributed by atoms with van der Waals surface area (Å²) in [5.74, 6) is 1.22. The molecule has 1 N–H and O–H groups in total. The van der Waals surface area contributed by atoms with Gasteiger partial charge in [0.1, 0.15) is 5.82 Å². The maximum atomic E-state index is 4.38. The fraction of sp³-hybridized carbons (Fsp3) is 0.769. The molecule has 16 heavy (non-hydrogen) atoms. The third kappa shape index (κ3) is 4.79. The second-order valence-electron chi connectivity index (χ2n) is 5.26. The third-order valence-corrected chi connectivity index (χ3v) is 2.62. The Morgan fingerprint density at radius 2 is 2.06 bits per heavy atom. The molecule has 0 aliphatic carbocycles. The van der Waals surface area contributed by atoms with E-state index in [1.807, 2.05) is 6.20 Å². The van der Waals surface area contributed by atoms with Crippen molar-refractivity contribution in [1.29, 1.82) is 0 Å². The van der Waals surface area contributed by atoms with Crippen molar-refractivity contribution in [2.45, 2.75) is 59.0 Å². The normalized spacial score (nSPS) is 12.0. The molecule has 1 aromatic rings. The summed E-state index contributed by atoms with van der Waals surface area (Å²) in [6.45, 7) is 10.9. The van der Waals surface area contributed by atoms with E-state index in [-0.39, 0.29) is 5.54 Å². The smallest absolute Gasteiger partial charge is 0.108 e. The highest BCUT2D eigenvalue weighted by Crippen LogP contribution is 2.04.